The Bertz CT molecular complexity index is 490. The first-order valence-electron chi connectivity index (χ1n) is 4.64. The molecule has 6 heteroatoms. The van der Waals surface area contributed by atoms with Crippen molar-refractivity contribution in [3.63, 3.8) is 0 Å². The summed E-state index contributed by atoms with van der Waals surface area (Å²) in [6.45, 7) is 0.196. The molecule has 0 atom stereocenters. The highest BCUT2D eigenvalue weighted by atomic mass is 32.1. The van der Waals surface area contributed by atoms with E-state index in [9.17, 15) is 4.79 Å². The second-order valence-corrected chi connectivity index (χ2v) is 4.25. The van der Waals surface area contributed by atoms with Gasteiger partial charge in [0.15, 0.2) is 0 Å². The lowest BCUT2D eigenvalue weighted by molar-refractivity contribution is 0.0461. The van der Waals surface area contributed by atoms with Crippen molar-refractivity contribution in [3.8, 4) is 0 Å². The van der Waals surface area contributed by atoms with Crippen LogP contribution in [0.5, 0.6) is 0 Å². The number of aryl methyl sites for hydroxylation is 1. The molecule has 2 aromatic heterocycles. The molecule has 16 heavy (non-hydrogen) atoms. The van der Waals surface area contributed by atoms with E-state index < -0.39 is 5.97 Å². The number of nitrogen functional groups attached to an aromatic ring is 1. The molecule has 84 valence electrons. The number of hydrogen-bond acceptors (Lipinski definition) is 5. The third-order valence-electron chi connectivity index (χ3n) is 2.05. The maximum Gasteiger partial charge on any atom is 0.355 e. The molecule has 2 aromatic rings. The normalized spacial score (nSPS) is 10.3. The summed E-state index contributed by atoms with van der Waals surface area (Å²) in [5.74, 6) is -0.394. The van der Waals surface area contributed by atoms with Crippen molar-refractivity contribution in [3.05, 3.63) is 34.5 Å². The number of aromatic nitrogens is 2. The molecule has 0 bridgehead atoms. The number of nitrogens with two attached hydrogens (primary N) is 1. The molecule has 0 aliphatic rings. The van der Waals surface area contributed by atoms with Crippen molar-refractivity contribution in [1.82, 2.24) is 9.55 Å². The van der Waals surface area contributed by atoms with Crippen LogP contribution in [0, 0.1) is 0 Å². The number of nitrogens with zero attached hydrogens (tertiary/aromatic N) is 2. The van der Waals surface area contributed by atoms with Crippen LogP contribution >= 0.6 is 11.3 Å². The van der Waals surface area contributed by atoms with Crippen LogP contribution in [0.3, 0.4) is 0 Å². The second-order valence-electron chi connectivity index (χ2n) is 3.27. The van der Waals surface area contributed by atoms with E-state index in [-0.39, 0.29) is 6.61 Å². The van der Waals surface area contributed by atoms with Gasteiger partial charge in [0.25, 0.3) is 0 Å². The van der Waals surface area contributed by atoms with E-state index in [0.717, 1.165) is 5.01 Å². The topological polar surface area (TPSA) is 70.1 Å². The molecule has 0 radical (unpaired) electrons. The third kappa shape index (κ3) is 2.22. The zero-order valence-corrected chi connectivity index (χ0v) is 9.53. The second kappa shape index (κ2) is 4.36. The van der Waals surface area contributed by atoms with Gasteiger partial charge in [0.2, 0.25) is 0 Å². The lowest BCUT2D eigenvalue weighted by atomic mass is 10.4. The van der Waals surface area contributed by atoms with Gasteiger partial charge in [-0.05, 0) is 6.07 Å². The van der Waals surface area contributed by atoms with Gasteiger partial charge in [0.1, 0.15) is 17.3 Å². The van der Waals surface area contributed by atoms with Crippen LogP contribution in [0.1, 0.15) is 15.5 Å². The molecule has 0 aromatic carbocycles. The number of rotatable bonds is 3. The maximum atomic E-state index is 11.7. The maximum absolute atomic E-state index is 11.7. The van der Waals surface area contributed by atoms with E-state index in [1.807, 2.05) is 5.38 Å². The van der Waals surface area contributed by atoms with E-state index in [0.29, 0.717) is 11.4 Å². The molecule has 0 unspecified atom stereocenters. The Kier molecular flexibility index (Phi) is 2.91. The highest BCUT2D eigenvalue weighted by Gasteiger charge is 2.12. The smallest absolute Gasteiger partial charge is 0.355 e. The minimum absolute atomic E-state index is 0.196. The van der Waals surface area contributed by atoms with Crippen molar-refractivity contribution < 1.29 is 9.53 Å². The molecule has 2 heterocycles. The van der Waals surface area contributed by atoms with Gasteiger partial charge in [-0.2, -0.15) is 0 Å². The minimum Gasteiger partial charge on any atom is -0.454 e. The predicted octanol–water partition coefficient (Wildman–Crippen LogP) is 1.42. The van der Waals surface area contributed by atoms with Crippen molar-refractivity contribution in [2.75, 3.05) is 5.73 Å². The van der Waals surface area contributed by atoms with Crippen molar-refractivity contribution >= 4 is 23.0 Å². The first kappa shape index (κ1) is 10.7. The molecule has 0 aliphatic carbocycles. The average molecular weight is 237 g/mol. The van der Waals surface area contributed by atoms with Crippen LogP contribution in [0.2, 0.25) is 0 Å². The molecule has 0 spiro atoms. The van der Waals surface area contributed by atoms with E-state index in [1.165, 1.54) is 11.3 Å². The number of esters is 1. The highest BCUT2D eigenvalue weighted by Crippen LogP contribution is 2.12. The zero-order chi connectivity index (χ0) is 11.5. The SMILES string of the molecule is Cn1cc(N)cc1C(=O)OCc1nccs1. The molecule has 0 fully saturated rings. The fourth-order valence-electron chi connectivity index (χ4n) is 1.32. The van der Waals surface area contributed by atoms with Gasteiger partial charge in [0, 0.05) is 24.8 Å². The summed E-state index contributed by atoms with van der Waals surface area (Å²) < 4.78 is 6.74. The fraction of sp³-hybridized carbons (Fsp3) is 0.200. The molecular formula is C10H11N3O2S. The first-order valence-corrected chi connectivity index (χ1v) is 5.52. The zero-order valence-electron chi connectivity index (χ0n) is 8.71. The summed E-state index contributed by atoms with van der Waals surface area (Å²) in [6.07, 6.45) is 3.34. The van der Waals surface area contributed by atoms with E-state index >= 15 is 0 Å². The summed E-state index contributed by atoms with van der Waals surface area (Å²) in [7, 11) is 1.75. The van der Waals surface area contributed by atoms with Gasteiger partial charge in [0.05, 0.1) is 5.69 Å². The standard InChI is InChI=1S/C10H11N3O2S/c1-13-5-7(11)4-8(13)10(14)15-6-9-12-2-3-16-9/h2-5H,6,11H2,1H3. The lowest BCUT2D eigenvalue weighted by Gasteiger charge is -2.03. The van der Waals surface area contributed by atoms with Gasteiger partial charge >= 0.3 is 5.97 Å². The van der Waals surface area contributed by atoms with Gasteiger partial charge in [-0.15, -0.1) is 11.3 Å². The minimum atomic E-state index is -0.394. The number of thiazole rings is 1. The molecule has 2 N–H and O–H groups in total. The number of carbonyl (C=O) groups is 1. The Balaban J connectivity index is 2.01. The van der Waals surface area contributed by atoms with Crippen molar-refractivity contribution in [1.29, 1.82) is 0 Å². The predicted molar refractivity (Wildman–Crippen MR) is 61.1 cm³/mol. The largest absolute Gasteiger partial charge is 0.454 e. The van der Waals surface area contributed by atoms with Crippen LogP contribution in [0.15, 0.2) is 23.8 Å². The Morgan fingerprint density at radius 2 is 2.50 bits per heavy atom. The number of carbonyl (C=O) groups excluding carboxylic acids is 1. The summed E-state index contributed by atoms with van der Waals surface area (Å²) in [4.78, 5) is 15.7. The van der Waals surface area contributed by atoms with Gasteiger partial charge in [-0.3, -0.25) is 0 Å². The Morgan fingerprint density at radius 3 is 3.06 bits per heavy atom. The third-order valence-corrected chi connectivity index (χ3v) is 2.80. The summed E-state index contributed by atoms with van der Waals surface area (Å²) in [5.41, 5.74) is 6.55. The van der Waals surface area contributed by atoms with Gasteiger partial charge in [-0.25, -0.2) is 9.78 Å². The van der Waals surface area contributed by atoms with E-state index in [1.54, 1.807) is 30.1 Å². The Morgan fingerprint density at radius 1 is 1.69 bits per heavy atom. The summed E-state index contributed by atoms with van der Waals surface area (Å²) in [6, 6.07) is 1.59. The van der Waals surface area contributed by atoms with Crippen LogP contribution in [0.25, 0.3) is 0 Å². The number of anilines is 1. The molecule has 0 saturated carbocycles. The molecule has 2 rings (SSSR count). The van der Waals surface area contributed by atoms with Gasteiger partial charge in [-0.1, -0.05) is 0 Å². The monoisotopic (exact) mass is 237 g/mol. The van der Waals surface area contributed by atoms with Crippen LogP contribution in [-0.2, 0) is 18.4 Å². The summed E-state index contributed by atoms with van der Waals surface area (Å²) >= 11 is 1.45. The fourth-order valence-corrected chi connectivity index (χ4v) is 1.85. The highest BCUT2D eigenvalue weighted by molar-refractivity contribution is 7.09. The van der Waals surface area contributed by atoms with Crippen LogP contribution in [-0.4, -0.2) is 15.5 Å². The van der Waals surface area contributed by atoms with Crippen molar-refractivity contribution in [2.45, 2.75) is 6.61 Å². The van der Waals surface area contributed by atoms with E-state index in [2.05, 4.69) is 4.98 Å². The average Bonchev–Trinajstić information content (AvgIpc) is 2.84. The Labute approximate surface area is 96.5 Å². The molecule has 0 saturated heterocycles. The number of ether oxygens (including phenoxy) is 1. The molecule has 5 nitrogen and oxygen atoms in total. The molecular weight excluding hydrogens is 226 g/mol. The molecule has 0 amide bonds. The van der Waals surface area contributed by atoms with Gasteiger partial charge < -0.3 is 15.0 Å². The number of hydrogen-bond donors (Lipinski definition) is 1. The first-order chi connectivity index (χ1) is 7.66. The van der Waals surface area contributed by atoms with Crippen LogP contribution in [0.4, 0.5) is 5.69 Å². The van der Waals surface area contributed by atoms with Crippen LogP contribution < -0.4 is 5.73 Å². The summed E-state index contributed by atoms with van der Waals surface area (Å²) in [5, 5.41) is 2.61. The van der Waals surface area contributed by atoms with Crippen molar-refractivity contribution in [2.24, 2.45) is 7.05 Å². The molecule has 0 aliphatic heterocycles. The Hall–Kier alpha value is -1.82. The lowest BCUT2D eigenvalue weighted by Crippen LogP contribution is -2.09. The van der Waals surface area contributed by atoms with E-state index in [4.69, 9.17) is 10.5 Å². The quantitative estimate of drug-likeness (QED) is 0.820.